The van der Waals surface area contributed by atoms with Gasteiger partial charge in [0, 0.05) is 56.3 Å². The first-order valence-electron chi connectivity index (χ1n) is 21.9. The molecule has 64 heavy (non-hydrogen) atoms. The Bertz CT molecular complexity index is 3030. The van der Waals surface area contributed by atoms with Crippen molar-refractivity contribution in [3.05, 3.63) is 254 Å². The van der Waals surface area contributed by atoms with Crippen molar-refractivity contribution >= 4 is 55.9 Å². The van der Waals surface area contributed by atoms with Crippen LogP contribution in [-0.4, -0.2) is 9.13 Å². The molecule has 0 aliphatic heterocycles. The van der Waals surface area contributed by atoms with Crippen molar-refractivity contribution in [2.24, 2.45) is 0 Å². The number of rotatable bonds is 10. The lowest BCUT2D eigenvalue weighted by Gasteiger charge is -2.25. The van der Waals surface area contributed by atoms with Crippen molar-refractivity contribution < 1.29 is 0 Å². The Morgan fingerprint density at radius 1 is 0.281 bits per heavy atom. The molecule has 2 aromatic heterocycles. The van der Waals surface area contributed by atoms with Crippen LogP contribution in [0.3, 0.4) is 0 Å². The van der Waals surface area contributed by atoms with Crippen LogP contribution in [0.2, 0.25) is 0 Å². The summed E-state index contributed by atoms with van der Waals surface area (Å²) < 4.78 is 4.86. The highest BCUT2D eigenvalue weighted by molar-refractivity contribution is 6.02. The van der Waals surface area contributed by atoms with Crippen molar-refractivity contribution in [2.45, 2.75) is 13.8 Å². The summed E-state index contributed by atoms with van der Waals surface area (Å²) in [5.41, 5.74) is 18.3. The van der Waals surface area contributed by atoms with Gasteiger partial charge in [-0.25, -0.2) is 0 Å². The molecule has 4 heteroatoms. The van der Waals surface area contributed by atoms with Crippen LogP contribution < -0.4 is 9.80 Å². The minimum absolute atomic E-state index is 1.10. The lowest BCUT2D eigenvalue weighted by Crippen LogP contribution is -2.09. The Kier molecular flexibility index (Phi) is 9.95. The third-order valence-electron chi connectivity index (χ3n) is 12.2. The van der Waals surface area contributed by atoms with Gasteiger partial charge in [0.15, 0.2) is 0 Å². The lowest BCUT2D eigenvalue weighted by molar-refractivity contribution is 1.13. The van der Waals surface area contributed by atoms with Gasteiger partial charge in [-0.2, -0.15) is 0 Å². The molecule has 0 saturated carbocycles. The fourth-order valence-corrected chi connectivity index (χ4v) is 9.04. The van der Waals surface area contributed by atoms with Gasteiger partial charge < -0.3 is 18.9 Å². The molecule has 0 N–H and O–H groups in total. The maximum absolute atomic E-state index is 2.43. The van der Waals surface area contributed by atoms with E-state index in [1.807, 2.05) is 0 Å². The van der Waals surface area contributed by atoms with E-state index in [0.717, 1.165) is 67.9 Å². The maximum atomic E-state index is 2.43. The summed E-state index contributed by atoms with van der Waals surface area (Å²) in [5.74, 6) is 0. The molecule has 0 spiro atoms. The summed E-state index contributed by atoms with van der Waals surface area (Å²) >= 11 is 0. The number of hydrogen-bond acceptors (Lipinski definition) is 2. The molecule has 0 aliphatic rings. The van der Waals surface area contributed by atoms with Crippen molar-refractivity contribution in [3.8, 4) is 33.9 Å². The summed E-state index contributed by atoms with van der Waals surface area (Å²) in [6, 6.07) is 87.6. The highest BCUT2D eigenvalue weighted by Crippen LogP contribution is 2.41. The average molecular weight is 823 g/mol. The Labute approximate surface area is 374 Å². The van der Waals surface area contributed by atoms with Gasteiger partial charge in [0.25, 0.3) is 0 Å². The molecule has 4 nitrogen and oxygen atoms in total. The number of aromatic nitrogens is 2. The Morgan fingerprint density at radius 2 is 0.562 bits per heavy atom. The molecule has 2 heterocycles. The predicted octanol–water partition coefficient (Wildman–Crippen LogP) is 16.5. The quantitative estimate of drug-likeness (QED) is 0.137. The van der Waals surface area contributed by atoms with E-state index in [4.69, 9.17) is 0 Å². The SMILES string of the molecule is Cc1ccc(-c2cc3cc4c(cc(-c5ccc(C)cc5)n4-c4ccc(N(c5ccccc5)c5ccccc5)cc4)cc3n2-c2ccc(N(c3ccccc3)c3ccccc3)cc2)cc1. The summed E-state index contributed by atoms with van der Waals surface area (Å²) in [6.45, 7) is 4.29. The second-order valence-electron chi connectivity index (χ2n) is 16.5. The molecule has 0 bridgehead atoms. The number of hydrogen-bond donors (Lipinski definition) is 0. The van der Waals surface area contributed by atoms with Gasteiger partial charge >= 0.3 is 0 Å². The molecule has 11 aromatic rings. The molecule has 0 amide bonds. The van der Waals surface area contributed by atoms with Crippen LogP contribution in [0.5, 0.6) is 0 Å². The first-order valence-corrected chi connectivity index (χ1v) is 21.9. The van der Waals surface area contributed by atoms with Crippen LogP contribution in [0.1, 0.15) is 11.1 Å². The summed E-state index contributed by atoms with van der Waals surface area (Å²) in [6.07, 6.45) is 0. The first kappa shape index (κ1) is 38.6. The van der Waals surface area contributed by atoms with Crippen molar-refractivity contribution in [2.75, 3.05) is 9.80 Å². The van der Waals surface area contributed by atoms with E-state index in [1.54, 1.807) is 0 Å². The number of fused-ring (bicyclic) bond motifs is 2. The lowest BCUT2D eigenvalue weighted by atomic mass is 10.1. The van der Waals surface area contributed by atoms with Gasteiger partial charge in [-0.15, -0.1) is 0 Å². The molecule has 0 fully saturated rings. The van der Waals surface area contributed by atoms with Gasteiger partial charge in [-0.3, -0.25) is 0 Å². The van der Waals surface area contributed by atoms with Gasteiger partial charge in [-0.1, -0.05) is 132 Å². The highest BCUT2D eigenvalue weighted by atomic mass is 15.1. The monoisotopic (exact) mass is 822 g/mol. The largest absolute Gasteiger partial charge is 0.311 e. The summed E-state index contributed by atoms with van der Waals surface area (Å²) in [4.78, 5) is 4.62. The molecule has 9 aromatic carbocycles. The van der Waals surface area contributed by atoms with Crippen molar-refractivity contribution in [1.29, 1.82) is 0 Å². The topological polar surface area (TPSA) is 16.3 Å². The summed E-state index contributed by atoms with van der Waals surface area (Å²) in [5, 5.41) is 2.35. The zero-order valence-electron chi connectivity index (χ0n) is 35.9. The number of nitrogens with zero attached hydrogens (tertiary/aromatic N) is 4. The number of para-hydroxylation sites is 4. The van der Waals surface area contributed by atoms with E-state index < -0.39 is 0 Å². The molecule has 0 atom stereocenters. The average Bonchev–Trinajstić information content (AvgIpc) is 3.91. The fourth-order valence-electron chi connectivity index (χ4n) is 9.04. The normalized spacial score (nSPS) is 11.3. The maximum Gasteiger partial charge on any atom is 0.0542 e. The Balaban J connectivity index is 1.07. The van der Waals surface area contributed by atoms with E-state index in [2.05, 4.69) is 275 Å². The molecule has 0 unspecified atom stereocenters. The van der Waals surface area contributed by atoms with E-state index in [-0.39, 0.29) is 0 Å². The third kappa shape index (κ3) is 7.21. The van der Waals surface area contributed by atoms with Crippen molar-refractivity contribution in [3.63, 3.8) is 0 Å². The van der Waals surface area contributed by atoms with E-state index in [9.17, 15) is 0 Å². The Hall–Kier alpha value is -8.34. The number of benzene rings is 9. The standard InChI is InChI=1S/C60H46N4/c1-43-23-27-45(28-24-43)57-39-47-41-60-48(42-59(47)63(57)55-35-31-53(32-36-55)61(49-15-7-3-8-16-49)50-17-9-4-10-18-50)40-58(46-29-25-44(2)26-30-46)64(60)56-37-33-54(34-38-56)62(51-19-11-5-12-20-51)52-21-13-6-14-22-52/h3-42H,1-2H3. The van der Waals surface area contributed by atoms with Crippen LogP contribution in [0.25, 0.3) is 55.7 Å². The van der Waals surface area contributed by atoms with Crippen LogP contribution >= 0.6 is 0 Å². The smallest absolute Gasteiger partial charge is 0.0542 e. The van der Waals surface area contributed by atoms with Crippen LogP contribution in [-0.2, 0) is 0 Å². The molecule has 0 aliphatic carbocycles. The zero-order chi connectivity index (χ0) is 43.0. The van der Waals surface area contributed by atoms with Gasteiger partial charge in [-0.05, 0) is 146 Å². The van der Waals surface area contributed by atoms with Gasteiger partial charge in [0.1, 0.15) is 0 Å². The first-order chi connectivity index (χ1) is 31.6. The third-order valence-corrected chi connectivity index (χ3v) is 12.2. The van der Waals surface area contributed by atoms with E-state index in [0.29, 0.717) is 0 Å². The fraction of sp³-hybridized carbons (Fsp3) is 0.0333. The molecular weight excluding hydrogens is 777 g/mol. The molecule has 0 saturated heterocycles. The molecular formula is C60H46N4. The van der Waals surface area contributed by atoms with Crippen LogP contribution in [0.15, 0.2) is 243 Å². The van der Waals surface area contributed by atoms with Gasteiger partial charge in [0.05, 0.1) is 22.4 Å². The molecule has 306 valence electrons. The van der Waals surface area contributed by atoms with E-state index >= 15 is 0 Å². The van der Waals surface area contributed by atoms with Crippen LogP contribution in [0.4, 0.5) is 34.1 Å². The van der Waals surface area contributed by atoms with Crippen molar-refractivity contribution in [1.82, 2.24) is 9.13 Å². The van der Waals surface area contributed by atoms with E-state index in [1.165, 1.54) is 33.0 Å². The summed E-state index contributed by atoms with van der Waals surface area (Å²) in [7, 11) is 0. The molecule has 11 rings (SSSR count). The minimum atomic E-state index is 1.10. The Morgan fingerprint density at radius 3 is 0.859 bits per heavy atom. The minimum Gasteiger partial charge on any atom is -0.311 e. The van der Waals surface area contributed by atoms with Gasteiger partial charge in [0.2, 0.25) is 0 Å². The predicted molar refractivity (Wildman–Crippen MR) is 270 cm³/mol. The highest BCUT2D eigenvalue weighted by Gasteiger charge is 2.20. The number of anilines is 6. The second kappa shape index (κ2) is 16.5. The zero-order valence-corrected chi connectivity index (χ0v) is 35.9. The van der Waals surface area contributed by atoms with Crippen LogP contribution in [0, 0.1) is 13.8 Å². The second-order valence-corrected chi connectivity index (χ2v) is 16.5. The molecule has 0 radical (unpaired) electrons. The number of aryl methyl sites for hydroxylation is 2.